The van der Waals surface area contributed by atoms with Crippen molar-refractivity contribution < 1.29 is 4.42 Å². The smallest absolute Gasteiger partial charge is 0.162 e. The van der Waals surface area contributed by atoms with E-state index in [1.807, 2.05) is 12.1 Å². The van der Waals surface area contributed by atoms with Crippen LogP contribution < -0.4 is 0 Å². The lowest BCUT2D eigenvalue weighted by molar-refractivity contribution is 0.669. The van der Waals surface area contributed by atoms with Crippen molar-refractivity contribution >= 4 is 76.5 Å². The van der Waals surface area contributed by atoms with E-state index in [9.17, 15) is 0 Å². The minimum Gasteiger partial charge on any atom is -0.456 e. The molecule has 61 heavy (non-hydrogen) atoms. The van der Waals surface area contributed by atoms with Crippen LogP contribution in [0.2, 0.25) is 0 Å². The Morgan fingerprint density at radius 2 is 0.984 bits per heavy atom. The van der Waals surface area contributed by atoms with Gasteiger partial charge in [-0.25, -0.2) is 9.97 Å². The zero-order valence-corrected chi connectivity index (χ0v) is 32.8. The van der Waals surface area contributed by atoms with Crippen LogP contribution in [0.1, 0.15) is 0 Å². The summed E-state index contributed by atoms with van der Waals surface area (Å²) in [5, 5.41) is 9.27. The van der Waals surface area contributed by atoms with E-state index in [2.05, 4.69) is 203 Å². The molecule has 0 atom stereocenters. The van der Waals surface area contributed by atoms with E-state index < -0.39 is 0 Å². The minimum atomic E-state index is 0.670. The summed E-state index contributed by atoms with van der Waals surface area (Å²) in [5.74, 6) is 0.670. The molecule has 13 rings (SSSR count). The highest BCUT2D eigenvalue weighted by Crippen LogP contribution is 2.42. The largest absolute Gasteiger partial charge is 0.456 e. The Bertz CT molecular complexity index is 3880. The van der Waals surface area contributed by atoms with E-state index in [4.69, 9.17) is 14.4 Å². The molecule has 0 aliphatic rings. The van der Waals surface area contributed by atoms with Gasteiger partial charge in [-0.3, -0.25) is 4.57 Å². The molecule has 0 fully saturated rings. The van der Waals surface area contributed by atoms with Gasteiger partial charge in [0.1, 0.15) is 16.8 Å². The third kappa shape index (κ3) is 5.14. The first-order valence-corrected chi connectivity index (χ1v) is 20.7. The molecule has 4 aromatic heterocycles. The first kappa shape index (κ1) is 33.7. The number of rotatable bonds is 5. The van der Waals surface area contributed by atoms with Crippen LogP contribution in [0.25, 0.3) is 122 Å². The van der Waals surface area contributed by atoms with Crippen LogP contribution in [0.4, 0.5) is 0 Å². The van der Waals surface area contributed by atoms with Gasteiger partial charge in [0.2, 0.25) is 0 Å². The molecule has 5 nitrogen and oxygen atoms in total. The first-order valence-electron chi connectivity index (χ1n) is 20.7. The molecule has 0 N–H and O–H groups in total. The van der Waals surface area contributed by atoms with Crippen molar-refractivity contribution in [2.24, 2.45) is 0 Å². The molecule has 0 saturated carbocycles. The molecule has 0 radical (unpaired) electrons. The summed E-state index contributed by atoms with van der Waals surface area (Å²) in [6.07, 6.45) is 0. The van der Waals surface area contributed by atoms with E-state index in [1.54, 1.807) is 0 Å². The Hall–Kier alpha value is -8.28. The van der Waals surface area contributed by atoms with Crippen molar-refractivity contribution in [3.05, 3.63) is 206 Å². The van der Waals surface area contributed by atoms with Crippen molar-refractivity contribution in [2.75, 3.05) is 0 Å². The number of hydrogen-bond donors (Lipinski definition) is 0. The second-order valence-corrected chi connectivity index (χ2v) is 15.8. The average molecular weight is 779 g/mol. The van der Waals surface area contributed by atoms with Crippen LogP contribution in [0.5, 0.6) is 0 Å². The van der Waals surface area contributed by atoms with Crippen LogP contribution in [0.15, 0.2) is 211 Å². The Morgan fingerprint density at radius 1 is 0.344 bits per heavy atom. The summed E-state index contributed by atoms with van der Waals surface area (Å²) in [5.41, 5.74) is 13.4. The molecule has 0 unspecified atom stereocenters. The van der Waals surface area contributed by atoms with Crippen LogP contribution >= 0.6 is 0 Å². The molecule has 0 saturated heterocycles. The quantitative estimate of drug-likeness (QED) is 0.175. The molecule has 0 amide bonds. The number of hydrogen-bond acceptors (Lipinski definition) is 3. The van der Waals surface area contributed by atoms with E-state index >= 15 is 0 Å². The number of para-hydroxylation sites is 3. The highest BCUT2D eigenvalue weighted by atomic mass is 16.3. The zero-order valence-electron chi connectivity index (χ0n) is 32.8. The van der Waals surface area contributed by atoms with Gasteiger partial charge in [-0.1, -0.05) is 140 Å². The van der Waals surface area contributed by atoms with Crippen LogP contribution in [-0.4, -0.2) is 19.1 Å². The fraction of sp³-hybridized carbons (Fsp3) is 0. The van der Waals surface area contributed by atoms with E-state index in [1.165, 1.54) is 21.5 Å². The standard InChI is InChI=1S/C56H34N4O/c1-3-15-36(16-4-1)54-53-44-23-9-11-24-47(44)60(40-18-5-2-6-19-40)56(53)58-55(57-54)39-17-13-20-41(32-39)59-48-29-27-37(34-46(48)52-42-21-8-7-14-35(42)26-30-49(52)59)38-28-31-51-45(33-38)43-22-10-12-25-50(43)61-51/h1-34H. The number of aromatic nitrogens is 4. The fourth-order valence-corrected chi connectivity index (χ4v) is 9.56. The van der Waals surface area contributed by atoms with Crippen molar-refractivity contribution in [1.82, 2.24) is 19.1 Å². The maximum Gasteiger partial charge on any atom is 0.162 e. The van der Waals surface area contributed by atoms with Crippen molar-refractivity contribution in [3.63, 3.8) is 0 Å². The molecule has 0 aliphatic heterocycles. The molecule has 4 heterocycles. The highest BCUT2D eigenvalue weighted by molar-refractivity contribution is 6.22. The number of nitrogens with zero attached hydrogens (tertiary/aromatic N) is 4. The topological polar surface area (TPSA) is 48.8 Å². The Morgan fingerprint density at radius 3 is 1.85 bits per heavy atom. The second-order valence-electron chi connectivity index (χ2n) is 15.8. The summed E-state index contributed by atoms with van der Waals surface area (Å²) >= 11 is 0. The SMILES string of the molecule is c1ccc(-c2nc(-c3cccc(-n4c5ccc(-c6ccc7oc8ccccc8c7c6)cc5c5c6ccccc6ccc54)c3)nc3c2c2ccccc2n3-c2ccccc2)cc1. The third-order valence-corrected chi connectivity index (χ3v) is 12.3. The fourth-order valence-electron chi connectivity index (χ4n) is 9.56. The molecule has 5 heteroatoms. The van der Waals surface area contributed by atoms with Crippen molar-refractivity contribution in [2.45, 2.75) is 0 Å². The van der Waals surface area contributed by atoms with Crippen LogP contribution in [0.3, 0.4) is 0 Å². The van der Waals surface area contributed by atoms with Gasteiger partial charge in [0.05, 0.1) is 27.6 Å². The predicted octanol–water partition coefficient (Wildman–Crippen LogP) is 14.7. The van der Waals surface area contributed by atoms with Gasteiger partial charge in [0.15, 0.2) is 5.82 Å². The Labute approximate surface area is 350 Å². The number of fused-ring (bicyclic) bond motifs is 11. The Balaban J connectivity index is 1.04. The van der Waals surface area contributed by atoms with Crippen molar-refractivity contribution in [3.8, 4) is 45.1 Å². The Kier molecular flexibility index (Phi) is 7.24. The summed E-state index contributed by atoms with van der Waals surface area (Å²) in [6, 6.07) is 73.1. The van der Waals surface area contributed by atoms with Gasteiger partial charge in [0, 0.05) is 49.4 Å². The molecule has 0 spiro atoms. The molecule has 0 aliphatic carbocycles. The lowest BCUT2D eigenvalue weighted by atomic mass is 9.99. The van der Waals surface area contributed by atoms with Crippen molar-refractivity contribution in [1.29, 1.82) is 0 Å². The second kappa shape index (κ2) is 13.1. The maximum atomic E-state index is 6.19. The highest BCUT2D eigenvalue weighted by Gasteiger charge is 2.22. The normalized spacial score (nSPS) is 11.9. The van der Waals surface area contributed by atoms with Gasteiger partial charge >= 0.3 is 0 Å². The van der Waals surface area contributed by atoms with E-state index in [0.717, 1.165) is 94.2 Å². The van der Waals surface area contributed by atoms with Crippen LogP contribution in [-0.2, 0) is 0 Å². The summed E-state index contributed by atoms with van der Waals surface area (Å²) < 4.78 is 10.9. The maximum absolute atomic E-state index is 6.19. The lowest BCUT2D eigenvalue weighted by Gasteiger charge is -2.12. The molecule has 284 valence electrons. The molecule has 13 aromatic rings. The predicted molar refractivity (Wildman–Crippen MR) is 252 cm³/mol. The number of benzene rings is 9. The van der Waals surface area contributed by atoms with Gasteiger partial charge < -0.3 is 8.98 Å². The minimum absolute atomic E-state index is 0.670. The first-order chi connectivity index (χ1) is 30.2. The van der Waals surface area contributed by atoms with E-state index in [0.29, 0.717) is 5.82 Å². The molecular formula is C56H34N4O. The lowest BCUT2D eigenvalue weighted by Crippen LogP contribution is -2.00. The monoisotopic (exact) mass is 778 g/mol. The summed E-state index contributed by atoms with van der Waals surface area (Å²) in [4.78, 5) is 10.9. The molecular weight excluding hydrogens is 745 g/mol. The van der Waals surface area contributed by atoms with Gasteiger partial charge in [-0.2, -0.15) is 0 Å². The van der Waals surface area contributed by atoms with Gasteiger partial charge in [-0.05, 0) is 88.6 Å². The third-order valence-electron chi connectivity index (χ3n) is 12.3. The summed E-state index contributed by atoms with van der Waals surface area (Å²) in [7, 11) is 0. The van der Waals surface area contributed by atoms with Gasteiger partial charge in [-0.15, -0.1) is 0 Å². The average Bonchev–Trinajstić information content (AvgIpc) is 3.99. The van der Waals surface area contributed by atoms with Gasteiger partial charge in [0.25, 0.3) is 0 Å². The number of furan rings is 1. The molecule has 0 bridgehead atoms. The summed E-state index contributed by atoms with van der Waals surface area (Å²) in [6.45, 7) is 0. The molecule has 9 aromatic carbocycles. The van der Waals surface area contributed by atoms with E-state index in [-0.39, 0.29) is 0 Å². The van der Waals surface area contributed by atoms with Crippen LogP contribution in [0, 0.1) is 0 Å². The zero-order chi connectivity index (χ0) is 40.0.